The van der Waals surface area contributed by atoms with Gasteiger partial charge in [-0.2, -0.15) is 0 Å². The number of anilines is 1. The molecule has 1 fully saturated rings. The Hall–Kier alpha value is -3.69. The van der Waals surface area contributed by atoms with Crippen molar-refractivity contribution in [2.24, 2.45) is 4.99 Å². The maximum atomic E-state index is 6.64. The molecule has 5 rings (SSSR count). The molecule has 3 heteroatoms. The quantitative estimate of drug-likeness (QED) is 0.377. The summed E-state index contributed by atoms with van der Waals surface area (Å²) in [7, 11) is 0. The number of aryl methyl sites for hydroxylation is 2. The van der Waals surface area contributed by atoms with Gasteiger partial charge in [0.2, 0.25) is 5.60 Å². The van der Waals surface area contributed by atoms with Crippen LogP contribution in [0.1, 0.15) is 22.3 Å². The average Bonchev–Trinajstić information content (AvgIpc) is 2.81. The van der Waals surface area contributed by atoms with Crippen molar-refractivity contribution in [1.82, 2.24) is 0 Å². The monoisotopic (exact) mass is 404 g/mol. The van der Waals surface area contributed by atoms with Crippen molar-refractivity contribution >= 4 is 17.2 Å². The number of hydrogen-bond donors (Lipinski definition) is 0. The van der Waals surface area contributed by atoms with Crippen LogP contribution in [0, 0.1) is 13.8 Å². The van der Waals surface area contributed by atoms with Crippen LogP contribution in [0.2, 0.25) is 0 Å². The van der Waals surface area contributed by atoms with Crippen molar-refractivity contribution < 1.29 is 4.84 Å². The van der Waals surface area contributed by atoms with Crippen molar-refractivity contribution in [2.45, 2.75) is 19.4 Å². The largest absolute Gasteiger partial charge is 0.243 e. The van der Waals surface area contributed by atoms with Gasteiger partial charge in [0, 0.05) is 0 Å². The molecule has 1 aliphatic rings. The van der Waals surface area contributed by atoms with Crippen LogP contribution in [0.25, 0.3) is 0 Å². The fourth-order valence-electron chi connectivity index (χ4n) is 3.92. The number of hydrogen-bond acceptors (Lipinski definition) is 2. The van der Waals surface area contributed by atoms with Crippen LogP contribution < -0.4 is 5.06 Å². The molecule has 0 aromatic heterocycles. The van der Waals surface area contributed by atoms with Crippen LogP contribution in [0.5, 0.6) is 0 Å². The zero-order valence-electron chi connectivity index (χ0n) is 17.7. The highest BCUT2D eigenvalue weighted by Gasteiger charge is 2.55. The van der Waals surface area contributed by atoms with Crippen molar-refractivity contribution in [3.63, 3.8) is 0 Å². The number of benzene rings is 4. The van der Waals surface area contributed by atoms with E-state index in [9.17, 15) is 0 Å². The smallest absolute Gasteiger partial charge is 0.206 e. The van der Waals surface area contributed by atoms with Gasteiger partial charge in [-0.05, 0) is 49.2 Å². The van der Waals surface area contributed by atoms with Crippen molar-refractivity contribution in [1.29, 1.82) is 0 Å². The third-order valence-corrected chi connectivity index (χ3v) is 5.63. The van der Waals surface area contributed by atoms with Crippen molar-refractivity contribution in [3.8, 4) is 0 Å². The van der Waals surface area contributed by atoms with E-state index in [0.29, 0.717) is 0 Å². The van der Waals surface area contributed by atoms with Crippen LogP contribution in [-0.4, -0.2) is 5.84 Å². The molecule has 0 radical (unpaired) electrons. The number of rotatable bonds is 4. The summed E-state index contributed by atoms with van der Waals surface area (Å²) in [6, 6.07) is 37.2. The van der Waals surface area contributed by atoms with E-state index in [0.717, 1.165) is 28.3 Å². The van der Waals surface area contributed by atoms with E-state index in [1.807, 2.05) is 41.5 Å². The minimum atomic E-state index is -0.779. The Kier molecular flexibility index (Phi) is 4.89. The number of aliphatic imine (C=N–C) groups is 1. The molecule has 31 heavy (non-hydrogen) atoms. The lowest BCUT2D eigenvalue weighted by Crippen LogP contribution is -2.63. The lowest BCUT2D eigenvalue weighted by molar-refractivity contribution is -0.0223. The van der Waals surface area contributed by atoms with Crippen LogP contribution in [0.3, 0.4) is 0 Å². The topological polar surface area (TPSA) is 24.8 Å². The standard InChI is InChI=1S/C28H24N2O/c1-21-13-17-25(18-14-21)29-27-28(23-9-5-3-6-10-23,24-11-7-4-8-12-24)31-30(27)26-19-15-22(2)16-20-26/h3-20H,1-2H3. The number of amidine groups is 1. The van der Waals surface area contributed by atoms with Gasteiger partial charge in [0.05, 0.1) is 11.4 Å². The summed E-state index contributed by atoms with van der Waals surface area (Å²) in [6.45, 7) is 4.17. The minimum absolute atomic E-state index is 0.779. The zero-order valence-corrected chi connectivity index (χ0v) is 17.7. The average molecular weight is 405 g/mol. The van der Waals surface area contributed by atoms with Gasteiger partial charge in [0.15, 0.2) is 5.84 Å². The second-order valence-corrected chi connectivity index (χ2v) is 7.91. The van der Waals surface area contributed by atoms with E-state index in [4.69, 9.17) is 9.83 Å². The van der Waals surface area contributed by atoms with Gasteiger partial charge in [-0.1, -0.05) is 96.1 Å². The van der Waals surface area contributed by atoms with Crippen molar-refractivity contribution in [2.75, 3.05) is 5.06 Å². The Balaban J connectivity index is 1.71. The van der Waals surface area contributed by atoms with E-state index < -0.39 is 5.60 Å². The second kappa shape index (κ2) is 7.86. The molecule has 0 amide bonds. The summed E-state index contributed by atoms with van der Waals surface area (Å²) >= 11 is 0. The van der Waals surface area contributed by atoms with E-state index in [-0.39, 0.29) is 0 Å². The van der Waals surface area contributed by atoms with E-state index in [1.165, 1.54) is 11.1 Å². The van der Waals surface area contributed by atoms with Crippen LogP contribution in [0.15, 0.2) is 114 Å². The Morgan fingerprint density at radius 1 is 0.613 bits per heavy atom. The lowest BCUT2D eigenvalue weighted by atomic mass is 9.82. The maximum Gasteiger partial charge on any atom is 0.206 e. The zero-order chi connectivity index (χ0) is 21.3. The third-order valence-electron chi connectivity index (χ3n) is 5.63. The Morgan fingerprint density at radius 3 is 1.61 bits per heavy atom. The molecule has 1 aliphatic heterocycles. The molecule has 1 heterocycles. The highest BCUT2D eigenvalue weighted by atomic mass is 16.7. The predicted molar refractivity (Wildman–Crippen MR) is 127 cm³/mol. The molecular weight excluding hydrogens is 380 g/mol. The Bertz CT molecular complexity index is 1160. The first-order valence-electron chi connectivity index (χ1n) is 10.5. The second-order valence-electron chi connectivity index (χ2n) is 7.91. The molecule has 152 valence electrons. The number of hydroxylamine groups is 1. The molecule has 0 unspecified atom stereocenters. The van der Waals surface area contributed by atoms with Crippen LogP contribution in [0.4, 0.5) is 11.4 Å². The maximum absolute atomic E-state index is 6.64. The summed E-state index contributed by atoms with van der Waals surface area (Å²) in [4.78, 5) is 11.7. The van der Waals surface area contributed by atoms with Gasteiger partial charge >= 0.3 is 0 Å². The molecule has 0 saturated carbocycles. The van der Waals surface area contributed by atoms with Gasteiger partial charge in [-0.3, -0.25) is 0 Å². The highest BCUT2D eigenvalue weighted by molar-refractivity contribution is 6.10. The van der Waals surface area contributed by atoms with E-state index >= 15 is 0 Å². The molecule has 1 saturated heterocycles. The molecule has 0 bridgehead atoms. The molecule has 0 aliphatic carbocycles. The molecular formula is C28H24N2O. The van der Waals surface area contributed by atoms with E-state index in [2.05, 4.69) is 86.6 Å². The summed E-state index contributed by atoms with van der Waals surface area (Å²) in [5, 5.41) is 1.85. The molecule has 4 aromatic rings. The molecule has 0 spiro atoms. The summed E-state index contributed by atoms with van der Waals surface area (Å²) in [5.41, 5.74) is 5.60. The van der Waals surface area contributed by atoms with Gasteiger partial charge in [0.25, 0.3) is 0 Å². The van der Waals surface area contributed by atoms with Gasteiger partial charge in [0.1, 0.15) is 0 Å². The number of nitrogens with zero attached hydrogens (tertiary/aromatic N) is 2. The summed E-state index contributed by atoms with van der Waals surface area (Å²) in [6.07, 6.45) is 0. The normalized spacial score (nSPS) is 16.2. The van der Waals surface area contributed by atoms with Gasteiger partial charge in [-0.15, -0.1) is 0 Å². The highest BCUT2D eigenvalue weighted by Crippen LogP contribution is 2.47. The summed E-state index contributed by atoms with van der Waals surface area (Å²) < 4.78 is 0. The molecule has 4 aromatic carbocycles. The van der Waals surface area contributed by atoms with Crippen LogP contribution >= 0.6 is 0 Å². The SMILES string of the molecule is Cc1ccc(N=C2N(c3ccc(C)cc3)OC2(c2ccccc2)c2ccccc2)cc1. The fraction of sp³-hybridized carbons (Fsp3) is 0.107. The minimum Gasteiger partial charge on any atom is -0.243 e. The Labute approximate surface area is 183 Å². The van der Waals surface area contributed by atoms with Gasteiger partial charge in [-0.25, -0.2) is 14.9 Å². The van der Waals surface area contributed by atoms with Gasteiger partial charge < -0.3 is 0 Å². The fourth-order valence-corrected chi connectivity index (χ4v) is 3.92. The molecule has 0 N–H and O–H groups in total. The lowest BCUT2D eigenvalue weighted by Gasteiger charge is -2.51. The van der Waals surface area contributed by atoms with Crippen LogP contribution in [-0.2, 0) is 10.4 Å². The first-order valence-corrected chi connectivity index (χ1v) is 10.5. The van der Waals surface area contributed by atoms with Crippen molar-refractivity contribution in [3.05, 3.63) is 131 Å². The predicted octanol–water partition coefficient (Wildman–Crippen LogP) is 6.73. The first kappa shape index (κ1) is 19.3. The Morgan fingerprint density at radius 2 is 1.10 bits per heavy atom. The third kappa shape index (κ3) is 3.43. The first-order chi connectivity index (χ1) is 15.2. The van der Waals surface area contributed by atoms with E-state index in [1.54, 1.807) is 0 Å². The molecule has 3 nitrogen and oxygen atoms in total. The molecule has 0 atom stereocenters. The summed E-state index contributed by atoms with van der Waals surface area (Å²) in [5.74, 6) is 0.845.